The largest absolute Gasteiger partial charge is 0.829 e. The van der Waals surface area contributed by atoms with Crippen molar-refractivity contribution in [3.05, 3.63) is 12.3 Å². The summed E-state index contributed by atoms with van der Waals surface area (Å²) in [6.45, 7) is -0.352. The molecule has 0 radical (unpaired) electrons. The summed E-state index contributed by atoms with van der Waals surface area (Å²) in [6.07, 6.45) is -3.54. The van der Waals surface area contributed by atoms with E-state index in [0.29, 0.717) is 0 Å². The quantitative estimate of drug-likeness (QED) is 0.293. The second kappa shape index (κ2) is 9.21. The lowest BCUT2D eigenvalue weighted by Crippen LogP contribution is -2.63. The Morgan fingerprint density at radius 1 is 1.25 bits per heavy atom. The summed E-state index contributed by atoms with van der Waals surface area (Å²) >= 11 is 0. The fourth-order valence-electron chi connectivity index (χ4n) is 1.74. The molecular weight excluding hydrogens is 276 g/mol. The van der Waals surface area contributed by atoms with Crippen molar-refractivity contribution in [3.8, 4) is 0 Å². The predicted octanol–water partition coefficient (Wildman–Crippen LogP) is -2.15. The molecular formula is C11H19O9-. The smallest absolute Gasteiger partial charge is 0.155 e. The zero-order valence-electron chi connectivity index (χ0n) is 11.2. The topological polar surface area (TPSA) is 119 Å². The van der Waals surface area contributed by atoms with Gasteiger partial charge in [-0.3, -0.25) is 0 Å². The SMILES string of the molecule is COOC[C@H]1O[C@@H]([O-])[C@H](OOC)[C@@H](O)[C@@H]1O/C=C/CO. The maximum absolute atomic E-state index is 11.7. The highest BCUT2D eigenvalue weighted by Gasteiger charge is 2.44. The Morgan fingerprint density at radius 2 is 2.00 bits per heavy atom. The molecule has 1 saturated heterocycles. The fraction of sp³-hybridized carbons (Fsp3) is 0.818. The van der Waals surface area contributed by atoms with Crippen molar-refractivity contribution in [1.29, 1.82) is 0 Å². The van der Waals surface area contributed by atoms with E-state index in [4.69, 9.17) is 19.5 Å². The van der Waals surface area contributed by atoms with E-state index in [1.54, 1.807) is 0 Å². The summed E-state index contributed by atoms with van der Waals surface area (Å²) in [5.41, 5.74) is 0. The lowest BCUT2D eigenvalue weighted by Gasteiger charge is -2.45. The van der Waals surface area contributed by atoms with Gasteiger partial charge in [-0.2, -0.15) is 0 Å². The molecule has 9 nitrogen and oxygen atoms in total. The predicted molar refractivity (Wildman–Crippen MR) is 60.6 cm³/mol. The van der Waals surface area contributed by atoms with E-state index in [-0.39, 0.29) is 13.2 Å². The minimum absolute atomic E-state index is 0.121. The van der Waals surface area contributed by atoms with Gasteiger partial charge in [0.1, 0.15) is 24.9 Å². The lowest BCUT2D eigenvalue weighted by molar-refractivity contribution is -0.555. The molecule has 118 valence electrons. The highest BCUT2D eigenvalue weighted by atomic mass is 17.2. The van der Waals surface area contributed by atoms with Crippen molar-refractivity contribution < 1.29 is 44.3 Å². The molecule has 1 rings (SSSR count). The average Bonchev–Trinajstić information content (AvgIpc) is 2.44. The second-order valence-electron chi connectivity index (χ2n) is 3.87. The van der Waals surface area contributed by atoms with E-state index < -0.39 is 30.7 Å². The summed E-state index contributed by atoms with van der Waals surface area (Å²) in [6, 6.07) is 0. The highest BCUT2D eigenvalue weighted by Crippen LogP contribution is 2.24. The van der Waals surface area contributed by atoms with Crippen LogP contribution in [0.3, 0.4) is 0 Å². The van der Waals surface area contributed by atoms with E-state index >= 15 is 0 Å². The normalized spacial score (nSPS) is 34.5. The first-order valence-corrected chi connectivity index (χ1v) is 5.91. The lowest BCUT2D eigenvalue weighted by atomic mass is 9.99. The molecule has 20 heavy (non-hydrogen) atoms. The Hall–Kier alpha value is -0.780. The highest BCUT2D eigenvalue weighted by molar-refractivity contribution is 4.91. The third kappa shape index (κ3) is 4.65. The van der Waals surface area contributed by atoms with E-state index in [1.807, 2.05) is 0 Å². The van der Waals surface area contributed by atoms with Crippen LogP contribution in [0.5, 0.6) is 0 Å². The van der Waals surface area contributed by atoms with E-state index in [9.17, 15) is 10.2 Å². The van der Waals surface area contributed by atoms with Gasteiger partial charge in [-0.15, -0.1) is 0 Å². The molecule has 0 aromatic heterocycles. The first kappa shape index (κ1) is 17.3. The molecule has 1 fully saturated rings. The van der Waals surface area contributed by atoms with Gasteiger partial charge in [-0.05, 0) is 6.08 Å². The summed E-state index contributed by atoms with van der Waals surface area (Å²) in [5.74, 6) is 0. The molecule has 1 aliphatic heterocycles. The van der Waals surface area contributed by atoms with Crippen LogP contribution in [-0.2, 0) is 29.0 Å². The minimum atomic E-state index is -1.67. The number of hydrogen-bond acceptors (Lipinski definition) is 9. The third-order valence-corrected chi connectivity index (χ3v) is 2.61. The Kier molecular flexibility index (Phi) is 7.95. The van der Waals surface area contributed by atoms with Crippen LogP contribution >= 0.6 is 0 Å². The second-order valence-corrected chi connectivity index (χ2v) is 3.87. The molecule has 0 bridgehead atoms. The Balaban J connectivity index is 2.74. The van der Waals surface area contributed by atoms with Gasteiger partial charge in [0.25, 0.3) is 0 Å². The van der Waals surface area contributed by atoms with Crippen molar-refractivity contribution in [2.24, 2.45) is 0 Å². The molecule has 9 heteroatoms. The fourth-order valence-corrected chi connectivity index (χ4v) is 1.74. The summed E-state index contributed by atoms with van der Waals surface area (Å²) in [4.78, 5) is 18.2. The standard InChI is InChI=1S/C11H19O9/c1-15-18-6-7-9(17-5-3-4-12)8(13)10(20-16-2)11(14)19-7/h3,5,7-13H,4,6H2,1-2H3/q-1/b5-3+/t7-,8+,9-,10-,11-/m1/s1. The molecule has 0 spiro atoms. The Morgan fingerprint density at radius 3 is 2.60 bits per heavy atom. The summed E-state index contributed by atoms with van der Waals surface area (Å²) in [5, 5.41) is 30.5. The number of aliphatic hydroxyl groups excluding tert-OH is 2. The number of hydrogen-bond donors (Lipinski definition) is 2. The maximum atomic E-state index is 11.7. The van der Waals surface area contributed by atoms with Gasteiger partial charge in [0.05, 0.1) is 27.1 Å². The Labute approximate surface area is 116 Å². The zero-order chi connectivity index (χ0) is 15.0. The number of rotatable bonds is 8. The van der Waals surface area contributed by atoms with E-state index in [2.05, 4.69) is 14.7 Å². The number of aliphatic hydroxyl groups is 2. The van der Waals surface area contributed by atoms with Gasteiger partial charge >= 0.3 is 0 Å². The molecule has 2 N–H and O–H groups in total. The molecule has 0 saturated carbocycles. The molecule has 0 aromatic carbocycles. The van der Waals surface area contributed by atoms with E-state index in [0.717, 1.165) is 0 Å². The molecule has 5 atom stereocenters. The van der Waals surface area contributed by atoms with Crippen molar-refractivity contribution in [2.75, 3.05) is 27.4 Å². The molecule has 0 unspecified atom stereocenters. The van der Waals surface area contributed by atoms with Gasteiger partial charge < -0.3 is 24.8 Å². The third-order valence-electron chi connectivity index (χ3n) is 2.61. The van der Waals surface area contributed by atoms with Crippen molar-refractivity contribution >= 4 is 0 Å². The van der Waals surface area contributed by atoms with Gasteiger partial charge in [0, 0.05) is 6.29 Å². The maximum Gasteiger partial charge on any atom is 0.155 e. The van der Waals surface area contributed by atoms with Crippen LogP contribution < -0.4 is 5.11 Å². The van der Waals surface area contributed by atoms with Crippen LogP contribution in [0.25, 0.3) is 0 Å². The van der Waals surface area contributed by atoms with Crippen molar-refractivity contribution in [2.45, 2.75) is 30.7 Å². The van der Waals surface area contributed by atoms with Crippen molar-refractivity contribution in [1.82, 2.24) is 0 Å². The first-order chi connectivity index (χ1) is 9.65. The van der Waals surface area contributed by atoms with Crippen LogP contribution in [0.1, 0.15) is 0 Å². The molecule has 1 aliphatic rings. The Bertz CT molecular complexity index is 283. The van der Waals surface area contributed by atoms with E-state index in [1.165, 1.54) is 26.6 Å². The van der Waals surface area contributed by atoms with Gasteiger partial charge in [0.15, 0.2) is 6.10 Å². The van der Waals surface area contributed by atoms with Gasteiger partial charge in [0.2, 0.25) is 0 Å². The van der Waals surface area contributed by atoms with Crippen LogP contribution in [0.15, 0.2) is 12.3 Å². The van der Waals surface area contributed by atoms with Gasteiger partial charge in [-0.1, -0.05) is 0 Å². The molecule has 0 aliphatic carbocycles. The summed E-state index contributed by atoms with van der Waals surface area (Å²) in [7, 11) is 2.51. The molecule has 0 amide bonds. The van der Waals surface area contributed by atoms with Crippen LogP contribution in [0.2, 0.25) is 0 Å². The van der Waals surface area contributed by atoms with Crippen LogP contribution in [0.4, 0.5) is 0 Å². The van der Waals surface area contributed by atoms with Gasteiger partial charge in [-0.25, -0.2) is 19.6 Å². The van der Waals surface area contributed by atoms with Crippen LogP contribution in [-0.4, -0.2) is 68.4 Å². The molecule has 0 aromatic rings. The van der Waals surface area contributed by atoms with Crippen LogP contribution in [0, 0.1) is 0 Å². The minimum Gasteiger partial charge on any atom is -0.829 e. The van der Waals surface area contributed by atoms with Crippen molar-refractivity contribution in [3.63, 3.8) is 0 Å². The molecule has 1 heterocycles. The first-order valence-electron chi connectivity index (χ1n) is 5.91. The summed E-state index contributed by atoms with van der Waals surface area (Å²) < 4.78 is 10.4. The monoisotopic (exact) mass is 295 g/mol. The number of ether oxygens (including phenoxy) is 2. The zero-order valence-corrected chi connectivity index (χ0v) is 11.2. The average molecular weight is 295 g/mol.